The molecule has 2 aromatic carbocycles. The second-order valence-corrected chi connectivity index (χ2v) is 7.83. The van der Waals surface area contributed by atoms with E-state index in [0.29, 0.717) is 25.3 Å². The molecule has 0 saturated carbocycles. The van der Waals surface area contributed by atoms with Crippen LogP contribution >= 0.6 is 0 Å². The average Bonchev–Trinajstić information content (AvgIpc) is 2.69. The van der Waals surface area contributed by atoms with Crippen LogP contribution in [0.25, 0.3) is 0 Å². The first-order chi connectivity index (χ1) is 13.5. The molecule has 2 atom stereocenters. The van der Waals surface area contributed by atoms with Gasteiger partial charge in [-0.1, -0.05) is 31.2 Å². The molecule has 0 spiro atoms. The van der Waals surface area contributed by atoms with Crippen molar-refractivity contribution in [3.63, 3.8) is 0 Å². The van der Waals surface area contributed by atoms with Crippen LogP contribution in [0.3, 0.4) is 0 Å². The summed E-state index contributed by atoms with van der Waals surface area (Å²) < 4.78 is 13.5. The molecule has 1 N–H and O–H groups in total. The normalized spacial score (nSPS) is 21.1. The van der Waals surface area contributed by atoms with Crippen LogP contribution in [0.5, 0.6) is 0 Å². The van der Waals surface area contributed by atoms with Gasteiger partial charge in [0.15, 0.2) is 0 Å². The van der Waals surface area contributed by atoms with E-state index in [2.05, 4.69) is 24.4 Å². The Morgan fingerprint density at radius 1 is 1.14 bits per heavy atom. The summed E-state index contributed by atoms with van der Waals surface area (Å²) >= 11 is 0. The zero-order valence-electron chi connectivity index (χ0n) is 16.1. The summed E-state index contributed by atoms with van der Waals surface area (Å²) in [4.78, 5) is 26.7. The first-order valence-corrected chi connectivity index (χ1v) is 9.99. The third-order valence-electron chi connectivity index (χ3n) is 5.95. The fraction of sp³-hybridized carbons (Fsp3) is 0.391. The topological polar surface area (TPSA) is 49.4 Å². The van der Waals surface area contributed by atoms with Crippen LogP contribution in [0.15, 0.2) is 42.5 Å². The van der Waals surface area contributed by atoms with Gasteiger partial charge in [0.25, 0.3) is 0 Å². The Bertz CT molecular complexity index is 911. The van der Waals surface area contributed by atoms with Gasteiger partial charge < -0.3 is 10.2 Å². The number of halogens is 1. The van der Waals surface area contributed by atoms with E-state index in [1.807, 2.05) is 12.1 Å². The Morgan fingerprint density at radius 2 is 1.96 bits per heavy atom. The number of nitrogens with one attached hydrogen (secondary N) is 1. The van der Waals surface area contributed by atoms with E-state index in [4.69, 9.17) is 0 Å². The van der Waals surface area contributed by atoms with Crippen molar-refractivity contribution in [3.8, 4) is 0 Å². The quantitative estimate of drug-likeness (QED) is 0.874. The number of benzene rings is 2. The van der Waals surface area contributed by atoms with Crippen molar-refractivity contribution in [2.24, 2.45) is 5.92 Å². The van der Waals surface area contributed by atoms with Crippen molar-refractivity contribution in [3.05, 3.63) is 65.0 Å². The van der Waals surface area contributed by atoms with Gasteiger partial charge in [-0.05, 0) is 60.1 Å². The number of hydrogen-bond acceptors (Lipinski definition) is 2. The molecule has 28 heavy (non-hydrogen) atoms. The molecule has 2 amide bonds. The van der Waals surface area contributed by atoms with Crippen LogP contribution in [-0.4, -0.2) is 18.4 Å². The third-order valence-corrected chi connectivity index (χ3v) is 5.95. The van der Waals surface area contributed by atoms with Gasteiger partial charge in [0, 0.05) is 25.1 Å². The molecule has 0 bridgehead atoms. The number of anilines is 1. The maximum Gasteiger partial charge on any atom is 0.227 e. The first-order valence-electron chi connectivity index (χ1n) is 9.99. The molecule has 4 nitrogen and oxygen atoms in total. The van der Waals surface area contributed by atoms with E-state index in [1.54, 1.807) is 11.0 Å². The smallest absolute Gasteiger partial charge is 0.227 e. The molecular formula is C23H25FN2O2. The standard InChI is InChI=1S/C23H25FN2O2/c1-15-6-7-16-4-2-3-5-19(16)23(15)25-21(27)12-13-26-20-10-9-18(24)14-17(20)8-11-22(26)28/h2-5,9-10,14-15,23H,6-8,11-13H2,1H3,(H,25,27). The number of amides is 2. The lowest BCUT2D eigenvalue weighted by Crippen LogP contribution is -2.40. The average molecular weight is 380 g/mol. The van der Waals surface area contributed by atoms with E-state index >= 15 is 0 Å². The van der Waals surface area contributed by atoms with Crippen LogP contribution in [0.1, 0.15) is 48.9 Å². The minimum atomic E-state index is -0.296. The van der Waals surface area contributed by atoms with Crippen LogP contribution in [-0.2, 0) is 22.4 Å². The van der Waals surface area contributed by atoms with Gasteiger partial charge in [-0.3, -0.25) is 9.59 Å². The molecule has 0 aromatic heterocycles. The molecule has 0 fully saturated rings. The number of nitrogens with zero attached hydrogens (tertiary/aromatic N) is 1. The summed E-state index contributed by atoms with van der Waals surface area (Å²) in [5, 5.41) is 3.18. The molecule has 2 aromatic rings. The van der Waals surface area contributed by atoms with E-state index < -0.39 is 0 Å². The highest BCUT2D eigenvalue weighted by Crippen LogP contribution is 2.34. The van der Waals surface area contributed by atoms with Crippen LogP contribution in [0.2, 0.25) is 0 Å². The number of fused-ring (bicyclic) bond motifs is 2. The minimum absolute atomic E-state index is 0.0101. The van der Waals surface area contributed by atoms with Gasteiger partial charge in [-0.15, -0.1) is 0 Å². The minimum Gasteiger partial charge on any atom is -0.349 e. The molecule has 4 rings (SSSR count). The number of rotatable bonds is 4. The summed E-state index contributed by atoms with van der Waals surface area (Å²) in [6.07, 6.45) is 3.22. The van der Waals surface area contributed by atoms with Crippen LogP contribution in [0.4, 0.5) is 10.1 Å². The molecule has 0 saturated heterocycles. The summed E-state index contributed by atoms with van der Waals surface area (Å²) in [6.45, 7) is 2.48. The maximum atomic E-state index is 13.5. The second-order valence-electron chi connectivity index (χ2n) is 7.83. The number of carbonyl (C=O) groups excluding carboxylic acids is 2. The van der Waals surface area contributed by atoms with Crippen LogP contribution in [0, 0.1) is 11.7 Å². The Labute approximate surface area is 164 Å². The predicted octanol–water partition coefficient (Wildman–Crippen LogP) is 3.93. The lowest BCUT2D eigenvalue weighted by atomic mass is 9.80. The van der Waals surface area contributed by atoms with Crippen LogP contribution < -0.4 is 10.2 Å². The third kappa shape index (κ3) is 3.66. The summed E-state index contributed by atoms with van der Waals surface area (Å²) in [6, 6.07) is 12.8. The van der Waals surface area contributed by atoms with E-state index in [1.165, 1.54) is 23.3 Å². The monoisotopic (exact) mass is 380 g/mol. The van der Waals surface area contributed by atoms with Crippen molar-refractivity contribution >= 4 is 17.5 Å². The molecule has 1 heterocycles. The lowest BCUT2D eigenvalue weighted by molar-refractivity contribution is -0.122. The maximum absolute atomic E-state index is 13.5. The number of hydrogen-bond donors (Lipinski definition) is 1. The van der Waals surface area contributed by atoms with Gasteiger partial charge in [0.2, 0.25) is 11.8 Å². The van der Waals surface area contributed by atoms with E-state index in [9.17, 15) is 14.0 Å². The SMILES string of the molecule is CC1CCc2ccccc2C1NC(=O)CCN1C(=O)CCc2cc(F)ccc21. The van der Waals surface area contributed by atoms with Gasteiger partial charge in [-0.2, -0.15) is 0 Å². The fourth-order valence-corrected chi connectivity index (χ4v) is 4.37. The largest absolute Gasteiger partial charge is 0.349 e. The van der Waals surface area contributed by atoms with Gasteiger partial charge in [0.05, 0.1) is 6.04 Å². The van der Waals surface area contributed by atoms with E-state index in [-0.39, 0.29) is 30.1 Å². The number of aryl methyl sites for hydroxylation is 2. The zero-order chi connectivity index (χ0) is 19.7. The van der Waals surface area contributed by atoms with Crippen molar-refractivity contribution in [2.45, 2.75) is 45.1 Å². The molecule has 1 aliphatic heterocycles. The molecule has 5 heteroatoms. The van der Waals surface area contributed by atoms with Crippen molar-refractivity contribution in [1.82, 2.24) is 5.32 Å². The first kappa shape index (κ1) is 18.7. The Morgan fingerprint density at radius 3 is 2.82 bits per heavy atom. The highest BCUT2D eigenvalue weighted by molar-refractivity contribution is 5.97. The van der Waals surface area contributed by atoms with E-state index in [0.717, 1.165) is 24.1 Å². The summed E-state index contributed by atoms with van der Waals surface area (Å²) in [5.41, 5.74) is 4.05. The molecule has 0 radical (unpaired) electrons. The van der Waals surface area contributed by atoms with Gasteiger partial charge in [-0.25, -0.2) is 4.39 Å². The molecule has 2 unspecified atom stereocenters. The molecule has 2 aliphatic rings. The highest BCUT2D eigenvalue weighted by atomic mass is 19.1. The summed E-state index contributed by atoms with van der Waals surface area (Å²) in [5.74, 6) is 0.00814. The molecule has 1 aliphatic carbocycles. The Hall–Kier alpha value is -2.69. The summed E-state index contributed by atoms with van der Waals surface area (Å²) in [7, 11) is 0. The van der Waals surface area contributed by atoms with Gasteiger partial charge in [0.1, 0.15) is 5.82 Å². The van der Waals surface area contributed by atoms with Crippen molar-refractivity contribution < 1.29 is 14.0 Å². The molecular weight excluding hydrogens is 355 g/mol. The van der Waals surface area contributed by atoms with Crippen molar-refractivity contribution in [1.29, 1.82) is 0 Å². The predicted molar refractivity (Wildman–Crippen MR) is 107 cm³/mol. The number of carbonyl (C=O) groups is 2. The van der Waals surface area contributed by atoms with Crippen molar-refractivity contribution in [2.75, 3.05) is 11.4 Å². The fourth-order valence-electron chi connectivity index (χ4n) is 4.37. The Kier molecular flexibility index (Phi) is 5.16. The Balaban J connectivity index is 1.44. The lowest BCUT2D eigenvalue weighted by Gasteiger charge is -2.33. The second kappa shape index (κ2) is 7.74. The highest BCUT2D eigenvalue weighted by Gasteiger charge is 2.29. The zero-order valence-corrected chi connectivity index (χ0v) is 16.1. The van der Waals surface area contributed by atoms with Gasteiger partial charge >= 0.3 is 0 Å². The molecule has 146 valence electrons.